The zero-order valence-electron chi connectivity index (χ0n) is 23.7. The molecule has 0 bridgehead atoms. The number of carbonyl (C=O) groups is 1. The fourth-order valence-corrected chi connectivity index (χ4v) is 2.50. The number of aliphatic hydroxyl groups excluding tert-OH is 2. The third-order valence-corrected chi connectivity index (χ3v) is 4.34. The molecule has 0 amide bonds. The van der Waals surface area contributed by atoms with Crippen LogP contribution < -0.4 is 0 Å². The number of rotatable bonds is 34. The largest absolute Gasteiger partial charge is 0.508 e. The van der Waals surface area contributed by atoms with E-state index in [1.165, 1.54) is 0 Å². The predicted molar refractivity (Wildman–Crippen MR) is 140 cm³/mol. The first-order valence-corrected chi connectivity index (χ1v) is 13.6. The van der Waals surface area contributed by atoms with Crippen LogP contribution in [-0.4, -0.2) is 175 Å². The monoisotopic (exact) mass is 590 g/mol. The molecule has 0 heterocycles. The van der Waals surface area contributed by atoms with Gasteiger partial charge in [-0.3, -0.25) is 0 Å². The van der Waals surface area contributed by atoms with Gasteiger partial charge in [-0.2, -0.15) is 0 Å². The smallest absolute Gasteiger partial charge is 0.432 e. The molecule has 0 aliphatic rings. The molecule has 15 heteroatoms. The van der Waals surface area contributed by atoms with Crippen molar-refractivity contribution in [2.45, 2.75) is 0 Å². The number of hydrogen-bond donors (Lipinski definition) is 2. The topological polar surface area (TPSA) is 168 Å². The maximum Gasteiger partial charge on any atom is 0.508 e. The van der Waals surface area contributed by atoms with Crippen molar-refractivity contribution in [3.8, 4) is 0 Å². The molecule has 40 heavy (non-hydrogen) atoms. The molecule has 0 unspecified atom stereocenters. The SMILES string of the molecule is O=C(OCCOCCOCCOCCOCCOCCO)OCCOCCOCCOCCOCCOCCO. The number of ether oxygens (including phenoxy) is 12. The Kier molecular flexibility index (Phi) is 34.7. The average molecular weight is 591 g/mol. The minimum Gasteiger partial charge on any atom is -0.432 e. The maximum atomic E-state index is 11.5. The van der Waals surface area contributed by atoms with Crippen LogP contribution in [0.1, 0.15) is 0 Å². The Labute approximate surface area is 237 Å². The summed E-state index contributed by atoms with van der Waals surface area (Å²) in [6, 6.07) is 0. The highest BCUT2D eigenvalue weighted by atomic mass is 16.7. The molecule has 0 atom stereocenters. The van der Waals surface area contributed by atoms with Crippen LogP contribution in [0.3, 0.4) is 0 Å². The molecule has 0 saturated heterocycles. The molecule has 15 nitrogen and oxygen atoms in total. The Bertz CT molecular complexity index is 447. The molecule has 0 spiro atoms. The van der Waals surface area contributed by atoms with Crippen molar-refractivity contribution in [3.63, 3.8) is 0 Å². The van der Waals surface area contributed by atoms with E-state index < -0.39 is 6.16 Å². The summed E-state index contributed by atoms with van der Waals surface area (Å²) in [7, 11) is 0. The van der Waals surface area contributed by atoms with Crippen molar-refractivity contribution in [2.24, 2.45) is 0 Å². The lowest BCUT2D eigenvalue weighted by atomic mass is 10.7. The zero-order valence-corrected chi connectivity index (χ0v) is 23.7. The average Bonchev–Trinajstić information content (AvgIpc) is 2.96. The fourth-order valence-electron chi connectivity index (χ4n) is 2.50. The van der Waals surface area contributed by atoms with Crippen molar-refractivity contribution in [2.75, 3.05) is 159 Å². The van der Waals surface area contributed by atoms with Gasteiger partial charge in [-0.15, -0.1) is 0 Å². The van der Waals surface area contributed by atoms with E-state index in [0.717, 1.165) is 0 Å². The van der Waals surface area contributed by atoms with Crippen molar-refractivity contribution in [1.29, 1.82) is 0 Å². The summed E-state index contributed by atoms with van der Waals surface area (Å²) in [6.45, 7) is 8.29. The molecule has 0 radical (unpaired) electrons. The Morgan fingerprint density at radius 1 is 0.300 bits per heavy atom. The standard InChI is InChI=1S/C25H50O15/c26-1-3-29-5-7-31-9-11-33-13-15-35-17-19-37-21-23-39-25(28)40-24-22-38-20-18-36-16-14-34-12-10-32-8-6-30-4-2-27/h26-27H,1-24H2. The number of carbonyl (C=O) groups excluding carboxylic acids is 1. The van der Waals surface area contributed by atoms with Crippen LogP contribution in [0.15, 0.2) is 0 Å². The van der Waals surface area contributed by atoms with Gasteiger partial charge in [-0.05, 0) is 0 Å². The second kappa shape index (κ2) is 35.8. The first-order valence-electron chi connectivity index (χ1n) is 13.6. The van der Waals surface area contributed by atoms with Crippen molar-refractivity contribution < 1.29 is 71.8 Å². The summed E-state index contributed by atoms with van der Waals surface area (Å²) >= 11 is 0. The van der Waals surface area contributed by atoms with E-state index in [0.29, 0.717) is 119 Å². The Morgan fingerprint density at radius 3 is 0.675 bits per heavy atom. The van der Waals surface area contributed by atoms with Crippen LogP contribution in [0.25, 0.3) is 0 Å². The Hall–Kier alpha value is -1.21. The first kappa shape index (κ1) is 38.8. The highest BCUT2D eigenvalue weighted by Crippen LogP contribution is 1.89. The lowest BCUT2D eigenvalue weighted by Crippen LogP contribution is -2.17. The summed E-state index contributed by atoms with van der Waals surface area (Å²) < 4.78 is 62.6. The van der Waals surface area contributed by atoms with E-state index in [4.69, 9.17) is 67.1 Å². The van der Waals surface area contributed by atoms with Gasteiger partial charge in [0.15, 0.2) is 0 Å². The summed E-state index contributed by atoms with van der Waals surface area (Å²) in [5.41, 5.74) is 0. The molecule has 0 aromatic carbocycles. The van der Waals surface area contributed by atoms with Crippen LogP contribution in [0.5, 0.6) is 0 Å². The number of aliphatic hydroxyl groups is 2. The summed E-state index contributed by atoms with van der Waals surface area (Å²) in [5, 5.41) is 17.1. The van der Waals surface area contributed by atoms with Gasteiger partial charge in [-0.25, -0.2) is 4.79 Å². The highest BCUT2D eigenvalue weighted by Gasteiger charge is 2.03. The second-order valence-corrected chi connectivity index (χ2v) is 7.52. The highest BCUT2D eigenvalue weighted by molar-refractivity contribution is 5.59. The fraction of sp³-hybridized carbons (Fsp3) is 0.960. The third kappa shape index (κ3) is 34.8. The Balaban J connectivity index is 3.14. The molecule has 0 rings (SSSR count). The molecular formula is C25H50O15. The minimum absolute atomic E-state index is 0.00855. The normalized spacial score (nSPS) is 11.2. The predicted octanol–water partition coefficient (Wildman–Crippen LogP) is -0.710. The molecule has 0 aromatic rings. The molecule has 240 valence electrons. The molecule has 0 aromatic heterocycles. The van der Waals surface area contributed by atoms with Gasteiger partial charge in [0, 0.05) is 0 Å². The molecule has 0 aliphatic carbocycles. The number of hydrogen-bond acceptors (Lipinski definition) is 15. The zero-order chi connectivity index (χ0) is 29.0. The van der Waals surface area contributed by atoms with Crippen molar-refractivity contribution in [1.82, 2.24) is 0 Å². The molecule has 0 saturated carbocycles. The van der Waals surface area contributed by atoms with Crippen molar-refractivity contribution >= 4 is 6.16 Å². The van der Waals surface area contributed by atoms with E-state index in [1.807, 2.05) is 0 Å². The van der Waals surface area contributed by atoms with Crippen LogP contribution in [0.2, 0.25) is 0 Å². The second-order valence-electron chi connectivity index (χ2n) is 7.52. The summed E-state index contributed by atoms with van der Waals surface area (Å²) in [5.74, 6) is 0. The van der Waals surface area contributed by atoms with E-state index in [2.05, 4.69) is 0 Å². The maximum absolute atomic E-state index is 11.5. The van der Waals surface area contributed by atoms with Gasteiger partial charge >= 0.3 is 6.16 Å². The first-order chi connectivity index (χ1) is 19.8. The van der Waals surface area contributed by atoms with E-state index in [-0.39, 0.29) is 39.6 Å². The molecule has 0 fully saturated rings. The van der Waals surface area contributed by atoms with Gasteiger partial charge in [0.2, 0.25) is 0 Å². The lowest BCUT2D eigenvalue weighted by molar-refractivity contribution is -0.0234. The van der Waals surface area contributed by atoms with Crippen LogP contribution in [-0.2, 0) is 56.8 Å². The molecular weight excluding hydrogens is 540 g/mol. The van der Waals surface area contributed by atoms with Gasteiger partial charge in [-0.1, -0.05) is 0 Å². The van der Waals surface area contributed by atoms with Gasteiger partial charge in [0.1, 0.15) is 13.2 Å². The van der Waals surface area contributed by atoms with Crippen molar-refractivity contribution in [3.05, 3.63) is 0 Å². The van der Waals surface area contributed by atoms with Crippen LogP contribution >= 0.6 is 0 Å². The third-order valence-electron chi connectivity index (χ3n) is 4.34. The van der Waals surface area contributed by atoms with E-state index >= 15 is 0 Å². The summed E-state index contributed by atoms with van der Waals surface area (Å²) in [6.07, 6.45) is -0.780. The van der Waals surface area contributed by atoms with Gasteiger partial charge in [0.25, 0.3) is 0 Å². The molecule has 0 aliphatic heterocycles. The van der Waals surface area contributed by atoms with Gasteiger partial charge in [0.05, 0.1) is 145 Å². The molecule has 2 N–H and O–H groups in total. The van der Waals surface area contributed by atoms with Gasteiger partial charge < -0.3 is 67.1 Å². The lowest BCUT2D eigenvalue weighted by Gasteiger charge is -2.09. The Morgan fingerprint density at radius 2 is 0.475 bits per heavy atom. The van der Waals surface area contributed by atoms with Crippen LogP contribution in [0, 0.1) is 0 Å². The van der Waals surface area contributed by atoms with E-state index in [1.54, 1.807) is 0 Å². The quantitative estimate of drug-likeness (QED) is 0.0712. The van der Waals surface area contributed by atoms with E-state index in [9.17, 15) is 4.79 Å². The summed E-state index contributed by atoms with van der Waals surface area (Å²) in [4.78, 5) is 11.5. The minimum atomic E-state index is -0.780. The van der Waals surface area contributed by atoms with Crippen LogP contribution in [0.4, 0.5) is 4.79 Å².